The Balaban J connectivity index is 1.34. The summed E-state index contributed by atoms with van der Waals surface area (Å²) in [6, 6.07) is 9.06. The van der Waals surface area contributed by atoms with Crippen molar-refractivity contribution in [1.82, 2.24) is 20.2 Å². The van der Waals surface area contributed by atoms with Crippen molar-refractivity contribution in [1.29, 1.82) is 0 Å². The fourth-order valence-electron chi connectivity index (χ4n) is 4.06. The van der Waals surface area contributed by atoms with Crippen molar-refractivity contribution in [3.8, 4) is 11.4 Å². The van der Waals surface area contributed by atoms with Crippen molar-refractivity contribution in [3.63, 3.8) is 0 Å². The van der Waals surface area contributed by atoms with Crippen LogP contribution in [0.15, 0.2) is 30.3 Å². The number of rotatable bonds is 10. The van der Waals surface area contributed by atoms with E-state index in [0.717, 1.165) is 11.3 Å². The SMILES string of the molecule is CSCC[C@H](N)C(=O)OC[C@H]1O[C@@H](CCn2nnc(-c3ccccc3)n2)[C@@H]2OC(C)(C)O[C@@H]21. The number of nitrogens with two attached hydrogens (primary N) is 1. The molecular formula is C22H31N5O5S. The Morgan fingerprint density at radius 3 is 2.70 bits per heavy atom. The number of ether oxygens (including phenoxy) is 4. The average Bonchev–Trinajstić information content (AvgIpc) is 3.48. The van der Waals surface area contributed by atoms with Gasteiger partial charge >= 0.3 is 5.97 Å². The maximum atomic E-state index is 12.2. The Morgan fingerprint density at radius 2 is 1.97 bits per heavy atom. The zero-order chi connectivity index (χ0) is 23.4. The molecule has 2 aliphatic heterocycles. The van der Waals surface area contributed by atoms with Gasteiger partial charge in [-0.1, -0.05) is 30.3 Å². The molecule has 4 rings (SSSR count). The lowest BCUT2D eigenvalue weighted by atomic mass is 10.1. The van der Waals surface area contributed by atoms with Crippen LogP contribution < -0.4 is 5.73 Å². The summed E-state index contributed by atoms with van der Waals surface area (Å²) in [6.07, 6.45) is 1.86. The van der Waals surface area contributed by atoms with E-state index < -0.39 is 23.9 Å². The lowest BCUT2D eigenvalue weighted by Gasteiger charge is -2.24. The maximum Gasteiger partial charge on any atom is 0.323 e. The summed E-state index contributed by atoms with van der Waals surface area (Å²) in [7, 11) is 0. The number of tetrazole rings is 1. The molecule has 2 saturated heterocycles. The molecule has 10 nitrogen and oxygen atoms in total. The third kappa shape index (κ3) is 5.90. The van der Waals surface area contributed by atoms with E-state index in [4.69, 9.17) is 24.7 Å². The molecule has 180 valence electrons. The molecule has 2 aromatic rings. The zero-order valence-corrected chi connectivity index (χ0v) is 19.9. The number of benzene rings is 1. The average molecular weight is 478 g/mol. The minimum absolute atomic E-state index is 0.0721. The number of hydrogen-bond acceptors (Lipinski definition) is 10. The quantitative estimate of drug-likeness (QED) is 0.505. The molecule has 0 aliphatic carbocycles. The van der Waals surface area contributed by atoms with Crippen molar-refractivity contribution in [2.24, 2.45) is 5.73 Å². The summed E-state index contributed by atoms with van der Waals surface area (Å²) in [5.74, 6) is 0.215. The Morgan fingerprint density at radius 1 is 1.24 bits per heavy atom. The second-order valence-electron chi connectivity index (χ2n) is 8.66. The summed E-state index contributed by atoms with van der Waals surface area (Å²) in [5.41, 5.74) is 6.82. The molecule has 1 aromatic heterocycles. The van der Waals surface area contributed by atoms with E-state index in [1.807, 2.05) is 50.4 Å². The molecule has 2 aliphatic rings. The van der Waals surface area contributed by atoms with Crippen LogP contribution >= 0.6 is 11.8 Å². The van der Waals surface area contributed by atoms with Crippen LogP contribution in [0.3, 0.4) is 0 Å². The molecule has 0 amide bonds. The van der Waals surface area contributed by atoms with Crippen molar-refractivity contribution in [2.45, 2.75) is 69.5 Å². The third-order valence-corrected chi connectivity index (χ3v) is 6.31. The first-order valence-electron chi connectivity index (χ1n) is 11.1. The topological polar surface area (TPSA) is 124 Å². The predicted octanol–water partition coefficient (Wildman–Crippen LogP) is 1.64. The van der Waals surface area contributed by atoms with Gasteiger partial charge < -0.3 is 24.7 Å². The largest absolute Gasteiger partial charge is 0.462 e. The van der Waals surface area contributed by atoms with E-state index in [-0.39, 0.29) is 24.9 Å². The summed E-state index contributed by atoms with van der Waals surface area (Å²) in [6.45, 7) is 4.32. The molecule has 1 aromatic carbocycles. The van der Waals surface area contributed by atoms with E-state index in [1.165, 1.54) is 0 Å². The van der Waals surface area contributed by atoms with Crippen LogP contribution in [-0.2, 0) is 30.3 Å². The highest BCUT2D eigenvalue weighted by Gasteiger charge is 2.55. The summed E-state index contributed by atoms with van der Waals surface area (Å²) in [5, 5.41) is 12.7. The van der Waals surface area contributed by atoms with Crippen LogP contribution in [0, 0.1) is 0 Å². The van der Waals surface area contributed by atoms with Crippen LogP contribution in [0.5, 0.6) is 0 Å². The van der Waals surface area contributed by atoms with Gasteiger partial charge in [0.05, 0.1) is 12.6 Å². The molecule has 0 saturated carbocycles. The second-order valence-corrected chi connectivity index (χ2v) is 9.64. The molecule has 0 unspecified atom stereocenters. The van der Waals surface area contributed by atoms with E-state index in [9.17, 15) is 4.79 Å². The number of hydrogen-bond donors (Lipinski definition) is 1. The fraction of sp³-hybridized carbons (Fsp3) is 0.636. The van der Waals surface area contributed by atoms with Gasteiger partial charge in [-0.15, -0.1) is 10.2 Å². The number of carbonyl (C=O) groups excluding carboxylic acids is 1. The first kappa shape index (κ1) is 24.1. The molecule has 0 bridgehead atoms. The predicted molar refractivity (Wildman–Crippen MR) is 122 cm³/mol. The number of aryl methyl sites for hydroxylation is 1. The molecule has 0 spiro atoms. The van der Waals surface area contributed by atoms with E-state index >= 15 is 0 Å². The van der Waals surface area contributed by atoms with Gasteiger partial charge in [0, 0.05) is 5.56 Å². The van der Waals surface area contributed by atoms with Gasteiger partial charge in [-0.3, -0.25) is 4.79 Å². The number of carbonyl (C=O) groups is 1. The van der Waals surface area contributed by atoms with Gasteiger partial charge in [-0.25, -0.2) is 0 Å². The van der Waals surface area contributed by atoms with E-state index in [1.54, 1.807) is 16.6 Å². The lowest BCUT2D eigenvalue weighted by molar-refractivity contribution is -0.194. The normalized spacial score (nSPS) is 26.8. The van der Waals surface area contributed by atoms with Gasteiger partial charge in [-0.05, 0) is 43.9 Å². The number of fused-ring (bicyclic) bond motifs is 1. The molecule has 0 radical (unpaired) electrons. The molecule has 2 fully saturated rings. The van der Waals surface area contributed by atoms with Crippen LogP contribution in [0.4, 0.5) is 0 Å². The Labute approximate surface area is 197 Å². The molecule has 11 heteroatoms. The molecule has 2 N–H and O–H groups in total. The zero-order valence-electron chi connectivity index (χ0n) is 19.1. The van der Waals surface area contributed by atoms with Crippen LogP contribution in [0.25, 0.3) is 11.4 Å². The second kappa shape index (κ2) is 10.5. The van der Waals surface area contributed by atoms with Crippen molar-refractivity contribution in [3.05, 3.63) is 30.3 Å². The standard InChI is InChI=1S/C22H31N5O5S/c1-22(2)31-18-16(9-11-27-25-20(24-26-27)14-7-5-4-6-8-14)30-17(19(18)32-22)13-29-21(28)15(23)10-12-33-3/h4-8,15-19H,9-13,23H2,1-3H3/t15-,16-,17+,18-,19+/m0/s1. The smallest absolute Gasteiger partial charge is 0.323 e. The summed E-state index contributed by atoms with van der Waals surface area (Å²) in [4.78, 5) is 13.8. The minimum Gasteiger partial charge on any atom is -0.462 e. The van der Waals surface area contributed by atoms with E-state index in [2.05, 4.69) is 15.4 Å². The van der Waals surface area contributed by atoms with Gasteiger partial charge in [0.15, 0.2) is 5.79 Å². The number of nitrogens with zero attached hydrogens (tertiary/aromatic N) is 4. The molecule has 5 atom stereocenters. The Hall–Kier alpha value is -2.05. The van der Waals surface area contributed by atoms with Crippen molar-refractivity contribution in [2.75, 3.05) is 18.6 Å². The lowest BCUT2D eigenvalue weighted by Crippen LogP contribution is -2.38. The van der Waals surface area contributed by atoms with Gasteiger partial charge in [0.25, 0.3) is 0 Å². The van der Waals surface area contributed by atoms with Crippen molar-refractivity contribution < 1.29 is 23.7 Å². The fourth-order valence-corrected chi connectivity index (χ4v) is 4.55. The third-order valence-electron chi connectivity index (χ3n) is 5.67. The highest BCUT2D eigenvalue weighted by atomic mass is 32.2. The monoisotopic (exact) mass is 477 g/mol. The first-order valence-corrected chi connectivity index (χ1v) is 12.5. The van der Waals surface area contributed by atoms with Gasteiger partial charge in [-0.2, -0.15) is 16.6 Å². The van der Waals surface area contributed by atoms with Crippen molar-refractivity contribution >= 4 is 17.7 Å². The Bertz CT molecular complexity index is 927. The maximum absolute atomic E-state index is 12.2. The molecule has 33 heavy (non-hydrogen) atoms. The highest BCUT2D eigenvalue weighted by Crippen LogP contribution is 2.40. The number of aromatic nitrogens is 4. The van der Waals surface area contributed by atoms with Crippen LogP contribution in [0.2, 0.25) is 0 Å². The highest BCUT2D eigenvalue weighted by molar-refractivity contribution is 7.98. The molecule has 3 heterocycles. The van der Waals surface area contributed by atoms with Crippen LogP contribution in [-0.4, -0.2) is 81.0 Å². The van der Waals surface area contributed by atoms with Gasteiger partial charge in [0.1, 0.15) is 31.0 Å². The number of esters is 1. The van der Waals surface area contributed by atoms with Gasteiger partial charge in [0.2, 0.25) is 5.82 Å². The Kier molecular flexibility index (Phi) is 7.65. The molecular weight excluding hydrogens is 446 g/mol. The van der Waals surface area contributed by atoms with Crippen LogP contribution in [0.1, 0.15) is 26.7 Å². The number of thioether (sulfide) groups is 1. The first-order chi connectivity index (χ1) is 15.9. The van der Waals surface area contributed by atoms with E-state index in [0.29, 0.717) is 25.2 Å². The minimum atomic E-state index is -0.736. The summed E-state index contributed by atoms with van der Waals surface area (Å²) < 4.78 is 23.8. The summed E-state index contributed by atoms with van der Waals surface area (Å²) >= 11 is 1.64.